The van der Waals surface area contributed by atoms with Gasteiger partial charge in [0, 0.05) is 16.8 Å². The first kappa shape index (κ1) is 14.1. The van der Waals surface area contributed by atoms with Crippen LogP contribution in [-0.2, 0) is 4.74 Å². The van der Waals surface area contributed by atoms with Crippen LogP contribution in [0.25, 0.3) is 11.3 Å². The van der Waals surface area contributed by atoms with Crippen LogP contribution in [0.2, 0.25) is 5.02 Å². The van der Waals surface area contributed by atoms with Crippen molar-refractivity contribution in [3.8, 4) is 11.3 Å². The summed E-state index contributed by atoms with van der Waals surface area (Å²) >= 11 is 5.87. The van der Waals surface area contributed by atoms with Crippen molar-refractivity contribution in [2.24, 2.45) is 0 Å². The molecule has 0 unspecified atom stereocenters. The summed E-state index contributed by atoms with van der Waals surface area (Å²) in [5, 5.41) is 0.672. The maximum atomic E-state index is 12.5. The van der Waals surface area contributed by atoms with Gasteiger partial charge in [-0.1, -0.05) is 23.7 Å². The molecule has 0 N–H and O–H groups in total. The third kappa shape index (κ3) is 2.66. The Labute approximate surface area is 128 Å². The van der Waals surface area contributed by atoms with Gasteiger partial charge in [0.1, 0.15) is 13.1 Å². The lowest BCUT2D eigenvalue weighted by Gasteiger charge is -2.28. The van der Waals surface area contributed by atoms with Gasteiger partial charge in [-0.15, -0.1) is 0 Å². The first-order chi connectivity index (χ1) is 9.97. The highest BCUT2D eigenvalue weighted by atomic mass is 35.5. The molecule has 0 radical (unpaired) electrons. The van der Waals surface area contributed by atoms with Gasteiger partial charge in [-0.3, -0.25) is 9.47 Å². The second-order valence-electron chi connectivity index (χ2n) is 5.67. The number of benzene rings is 1. The molecule has 0 spiro atoms. The highest BCUT2D eigenvalue weighted by molar-refractivity contribution is 6.30. The van der Waals surface area contributed by atoms with Gasteiger partial charge in [-0.05, 0) is 26.0 Å². The standard InChI is InChI=1S/C15H16ClN3O2/c1-15(2)8-21-10-19(15)14(20)18-7-13(17-9-18)11-3-5-12(16)6-4-11/h3-7,9H,8,10H2,1-2H3. The summed E-state index contributed by atoms with van der Waals surface area (Å²) in [6.07, 6.45) is 3.25. The van der Waals surface area contributed by atoms with Crippen LogP contribution in [0.3, 0.4) is 0 Å². The van der Waals surface area contributed by atoms with Gasteiger partial charge in [0.15, 0.2) is 0 Å². The quantitative estimate of drug-likeness (QED) is 0.812. The normalized spacial score (nSPS) is 17.2. The Morgan fingerprint density at radius 3 is 2.67 bits per heavy atom. The second kappa shape index (κ2) is 5.16. The van der Waals surface area contributed by atoms with E-state index in [1.54, 1.807) is 23.2 Å². The van der Waals surface area contributed by atoms with Gasteiger partial charge in [-0.2, -0.15) is 0 Å². The van der Waals surface area contributed by atoms with E-state index < -0.39 is 0 Å². The monoisotopic (exact) mass is 305 g/mol. The molecule has 2 heterocycles. The molecule has 0 saturated carbocycles. The molecule has 1 aliphatic rings. The SMILES string of the molecule is CC1(C)COCN1C(=O)n1cnc(-c2ccc(Cl)cc2)c1. The molecule has 1 aromatic heterocycles. The number of ether oxygens (including phenoxy) is 1. The maximum absolute atomic E-state index is 12.5. The summed E-state index contributed by atoms with van der Waals surface area (Å²) in [6, 6.07) is 7.22. The molecule has 1 amide bonds. The van der Waals surface area contributed by atoms with Crippen LogP contribution in [-0.4, -0.2) is 39.4 Å². The van der Waals surface area contributed by atoms with Crippen molar-refractivity contribution in [1.29, 1.82) is 0 Å². The van der Waals surface area contributed by atoms with Crippen LogP contribution in [0, 0.1) is 0 Å². The van der Waals surface area contributed by atoms with Gasteiger partial charge in [0.25, 0.3) is 0 Å². The number of rotatable bonds is 1. The smallest absolute Gasteiger partial charge is 0.331 e. The summed E-state index contributed by atoms with van der Waals surface area (Å²) in [5.74, 6) is 0. The maximum Gasteiger partial charge on any atom is 0.331 e. The fraction of sp³-hybridized carbons (Fsp3) is 0.333. The number of halogens is 1. The van der Waals surface area contributed by atoms with Crippen LogP contribution >= 0.6 is 11.6 Å². The van der Waals surface area contributed by atoms with E-state index in [0.717, 1.165) is 11.3 Å². The number of amides is 1. The Kier molecular flexibility index (Phi) is 3.47. The lowest BCUT2D eigenvalue weighted by atomic mass is 10.1. The van der Waals surface area contributed by atoms with Gasteiger partial charge in [-0.25, -0.2) is 9.78 Å². The third-order valence-corrected chi connectivity index (χ3v) is 3.83. The van der Waals surface area contributed by atoms with E-state index >= 15 is 0 Å². The topological polar surface area (TPSA) is 47.4 Å². The van der Waals surface area contributed by atoms with E-state index in [4.69, 9.17) is 16.3 Å². The van der Waals surface area contributed by atoms with Crippen molar-refractivity contribution in [2.45, 2.75) is 19.4 Å². The largest absolute Gasteiger partial charge is 0.359 e. The number of carbonyl (C=O) groups is 1. The van der Waals surface area contributed by atoms with Crippen molar-refractivity contribution >= 4 is 17.6 Å². The zero-order valence-electron chi connectivity index (χ0n) is 11.9. The summed E-state index contributed by atoms with van der Waals surface area (Å²) in [6.45, 7) is 4.81. The van der Waals surface area contributed by atoms with E-state index in [1.165, 1.54) is 10.9 Å². The molecule has 1 aliphatic heterocycles. The van der Waals surface area contributed by atoms with E-state index in [9.17, 15) is 4.79 Å². The van der Waals surface area contributed by atoms with E-state index in [0.29, 0.717) is 18.4 Å². The molecule has 5 nitrogen and oxygen atoms in total. The number of hydrogen-bond donors (Lipinski definition) is 0. The molecular weight excluding hydrogens is 290 g/mol. The molecule has 2 aromatic rings. The first-order valence-electron chi connectivity index (χ1n) is 6.67. The summed E-state index contributed by atoms with van der Waals surface area (Å²) in [4.78, 5) is 18.5. The number of nitrogens with zero attached hydrogens (tertiary/aromatic N) is 3. The van der Waals surface area contributed by atoms with Crippen LogP contribution in [0.5, 0.6) is 0 Å². The number of hydrogen-bond acceptors (Lipinski definition) is 3. The minimum absolute atomic E-state index is 0.134. The third-order valence-electron chi connectivity index (χ3n) is 3.58. The Bertz CT molecular complexity index is 664. The molecule has 1 aromatic carbocycles. The Balaban J connectivity index is 1.85. The minimum atomic E-state index is -0.304. The van der Waals surface area contributed by atoms with E-state index in [-0.39, 0.29) is 11.6 Å². The average molecular weight is 306 g/mol. The molecule has 3 rings (SSSR count). The van der Waals surface area contributed by atoms with Gasteiger partial charge >= 0.3 is 6.03 Å². The van der Waals surface area contributed by atoms with Crippen molar-refractivity contribution in [3.63, 3.8) is 0 Å². The lowest BCUT2D eigenvalue weighted by Crippen LogP contribution is -2.45. The van der Waals surface area contributed by atoms with Crippen molar-refractivity contribution in [1.82, 2.24) is 14.5 Å². The average Bonchev–Trinajstić information content (AvgIpc) is 3.05. The van der Waals surface area contributed by atoms with Crippen molar-refractivity contribution < 1.29 is 9.53 Å². The van der Waals surface area contributed by atoms with Crippen LogP contribution in [0.1, 0.15) is 13.8 Å². The Hall–Kier alpha value is -1.85. The number of imidazole rings is 1. The van der Waals surface area contributed by atoms with Gasteiger partial charge < -0.3 is 4.74 Å². The summed E-state index contributed by atoms with van der Waals surface area (Å²) < 4.78 is 6.86. The fourth-order valence-corrected chi connectivity index (χ4v) is 2.42. The molecule has 0 bridgehead atoms. The Morgan fingerprint density at radius 2 is 2.05 bits per heavy atom. The molecular formula is C15H16ClN3O2. The minimum Gasteiger partial charge on any atom is -0.359 e. The summed E-state index contributed by atoms with van der Waals surface area (Å²) in [5.41, 5.74) is 1.35. The molecule has 110 valence electrons. The zero-order valence-corrected chi connectivity index (χ0v) is 12.7. The zero-order chi connectivity index (χ0) is 15.0. The van der Waals surface area contributed by atoms with E-state index in [1.807, 2.05) is 26.0 Å². The van der Waals surface area contributed by atoms with Crippen molar-refractivity contribution in [3.05, 3.63) is 41.8 Å². The van der Waals surface area contributed by atoms with Crippen LogP contribution in [0.15, 0.2) is 36.8 Å². The molecule has 1 fully saturated rings. The molecule has 6 heteroatoms. The van der Waals surface area contributed by atoms with Crippen LogP contribution < -0.4 is 0 Å². The molecule has 21 heavy (non-hydrogen) atoms. The highest BCUT2D eigenvalue weighted by Gasteiger charge is 2.37. The predicted molar refractivity (Wildman–Crippen MR) is 80.2 cm³/mol. The first-order valence-corrected chi connectivity index (χ1v) is 7.05. The van der Waals surface area contributed by atoms with Crippen molar-refractivity contribution in [2.75, 3.05) is 13.3 Å². The molecule has 0 aliphatic carbocycles. The lowest BCUT2D eigenvalue weighted by molar-refractivity contribution is 0.140. The molecule has 0 atom stereocenters. The second-order valence-corrected chi connectivity index (χ2v) is 6.11. The van der Waals surface area contributed by atoms with E-state index in [2.05, 4.69) is 4.98 Å². The predicted octanol–water partition coefficient (Wildman–Crippen LogP) is 3.24. The molecule has 1 saturated heterocycles. The Morgan fingerprint density at radius 1 is 1.33 bits per heavy atom. The summed E-state index contributed by atoms with van der Waals surface area (Å²) in [7, 11) is 0. The number of carbonyl (C=O) groups excluding carboxylic acids is 1. The van der Waals surface area contributed by atoms with Crippen LogP contribution in [0.4, 0.5) is 4.79 Å². The highest BCUT2D eigenvalue weighted by Crippen LogP contribution is 2.24. The fourth-order valence-electron chi connectivity index (χ4n) is 2.29. The van der Waals surface area contributed by atoms with Gasteiger partial charge in [0.2, 0.25) is 0 Å². The number of aromatic nitrogens is 2. The van der Waals surface area contributed by atoms with Gasteiger partial charge in [0.05, 0.1) is 17.8 Å².